The number of pyridine rings is 1. The van der Waals surface area contributed by atoms with E-state index < -0.39 is 35.8 Å². The molecule has 42 heavy (non-hydrogen) atoms. The Morgan fingerprint density at radius 3 is 2.62 bits per heavy atom. The van der Waals surface area contributed by atoms with Gasteiger partial charge in [-0.1, -0.05) is 30.7 Å². The van der Waals surface area contributed by atoms with E-state index in [0.717, 1.165) is 17.6 Å². The Hall–Kier alpha value is -3.62. The van der Waals surface area contributed by atoms with Gasteiger partial charge < -0.3 is 14.4 Å². The second-order valence-corrected chi connectivity index (χ2v) is 11.4. The summed E-state index contributed by atoms with van der Waals surface area (Å²) in [5, 5.41) is 0. The van der Waals surface area contributed by atoms with Crippen LogP contribution in [0.2, 0.25) is 0 Å². The van der Waals surface area contributed by atoms with E-state index in [0.29, 0.717) is 51.4 Å². The van der Waals surface area contributed by atoms with E-state index in [1.54, 1.807) is 18.5 Å². The highest BCUT2D eigenvalue weighted by Gasteiger charge is 2.37. The summed E-state index contributed by atoms with van der Waals surface area (Å²) in [5.74, 6) is -2.98. The first-order valence-corrected chi connectivity index (χ1v) is 15.1. The number of esters is 2. The average molecular weight is 581 g/mol. The molecule has 3 heterocycles. The molecule has 9 heteroatoms. The number of amides is 1. The zero-order valence-corrected chi connectivity index (χ0v) is 24.9. The Labute approximate surface area is 248 Å². The number of carbonyl (C=O) groups is 5. The maximum atomic E-state index is 13.5. The summed E-state index contributed by atoms with van der Waals surface area (Å²) in [7, 11) is 0. The first kappa shape index (κ1) is 32.9. The van der Waals surface area contributed by atoms with Crippen molar-refractivity contribution < 1.29 is 33.4 Å². The lowest BCUT2D eigenvalue weighted by Gasteiger charge is -2.35. The van der Waals surface area contributed by atoms with Gasteiger partial charge in [-0.2, -0.15) is 0 Å². The van der Waals surface area contributed by atoms with Gasteiger partial charge in [-0.15, -0.1) is 6.58 Å². The second-order valence-electron chi connectivity index (χ2n) is 11.4. The average Bonchev–Trinajstić information content (AvgIpc) is 2.99. The topological polar surface area (TPSA) is 120 Å². The quantitative estimate of drug-likeness (QED) is 0.279. The molecule has 3 rings (SSSR count). The number of ether oxygens (including phenoxy) is 2. The maximum absolute atomic E-state index is 13.5. The number of ketones is 2. The molecule has 1 aromatic heterocycles. The van der Waals surface area contributed by atoms with Crippen LogP contribution in [0.5, 0.6) is 0 Å². The number of rotatable bonds is 5. The van der Waals surface area contributed by atoms with Crippen molar-refractivity contribution in [3.8, 4) is 0 Å². The van der Waals surface area contributed by atoms with E-state index in [9.17, 15) is 24.0 Å². The number of Topliss-reactive ketones (excluding diaryl/α,β-unsaturated/α-hetero) is 2. The molecule has 0 N–H and O–H groups in total. The molecule has 9 nitrogen and oxygen atoms in total. The van der Waals surface area contributed by atoms with Crippen molar-refractivity contribution in [2.75, 3.05) is 13.2 Å². The van der Waals surface area contributed by atoms with Crippen molar-refractivity contribution in [3.63, 3.8) is 0 Å². The molecular weight excluding hydrogens is 536 g/mol. The molecule has 2 aliphatic heterocycles. The molecule has 1 fully saturated rings. The Bertz CT molecular complexity index is 1150. The van der Waals surface area contributed by atoms with Crippen molar-refractivity contribution in [1.82, 2.24) is 9.88 Å². The molecule has 4 atom stereocenters. The SMILES string of the molecule is C=CCC1/C=C(\C)CCOC(=O)CCC(=O)C(=O)N2CCCC[C@H]2C(=O)OC(CCc2cccnc2)C(C)CCC1=O. The highest BCUT2D eigenvalue weighted by atomic mass is 16.5. The van der Waals surface area contributed by atoms with Gasteiger partial charge in [0.2, 0.25) is 5.78 Å². The molecule has 1 saturated heterocycles. The number of cyclic esters (lactones) is 2. The van der Waals surface area contributed by atoms with Crippen LogP contribution in [0.25, 0.3) is 0 Å². The van der Waals surface area contributed by atoms with Crippen LogP contribution in [0.15, 0.2) is 48.8 Å². The molecule has 3 unspecified atom stereocenters. The predicted molar refractivity (Wildman–Crippen MR) is 157 cm³/mol. The summed E-state index contributed by atoms with van der Waals surface area (Å²) in [6.45, 7) is 8.06. The van der Waals surface area contributed by atoms with Gasteiger partial charge in [-0.3, -0.25) is 24.2 Å². The zero-order chi connectivity index (χ0) is 30.5. The largest absolute Gasteiger partial charge is 0.465 e. The smallest absolute Gasteiger partial charge is 0.329 e. The standard InChI is InChI=1S/C33H44N2O7/c1-4-8-26-21-23(2)17-20-41-31(38)16-14-29(37)32(39)35-19-6-5-10-27(35)33(40)42-30(24(3)11-13-28(26)36)15-12-25-9-7-18-34-22-25/h4,7,9,18,21-22,24,26-27,30H,1,5-6,8,10-17,19-20H2,2-3H3/b23-21+/t24?,26?,27-,30?/m0/s1. The monoisotopic (exact) mass is 580 g/mol. The number of aryl methyl sites for hydroxylation is 1. The summed E-state index contributed by atoms with van der Waals surface area (Å²) < 4.78 is 11.3. The second kappa shape index (κ2) is 16.7. The van der Waals surface area contributed by atoms with Crippen LogP contribution in [0.4, 0.5) is 0 Å². The van der Waals surface area contributed by atoms with Gasteiger partial charge in [0.1, 0.15) is 17.9 Å². The summed E-state index contributed by atoms with van der Waals surface area (Å²) in [5.41, 5.74) is 1.92. The molecule has 1 amide bonds. The van der Waals surface area contributed by atoms with E-state index in [2.05, 4.69) is 11.6 Å². The molecule has 228 valence electrons. The van der Waals surface area contributed by atoms with Crippen LogP contribution in [-0.2, 0) is 39.9 Å². The fraction of sp³-hybridized carbons (Fsp3) is 0.576. The number of fused-ring (bicyclic) bond motifs is 1. The number of piperidine rings is 1. The Morgan fingerprint density at radius 2 is 1.88 bits per heavy atom. The van der Waals surface area contributed by atoms with Crippen LogP contribution in [0.1, 0.15) is 83.6 Å². The lowest BCUT2D eigenvalue weighted by molar-refractivity contribution is -0.165. The normalized spacial score (nSPS) is 27.2. The molecule has 0 bridgehead atoms. The summed E-state index contributed by atoms with van der Waals surface area (Å²) >= 11 is 0. The van der Waals surface area contributed by atoms with Gasteiger partial charge in [-0.25, -0.2) is 4.79 Å². The van der Waals surface area contributed by atoms with E-state index >= 15 is 0 Å². The van der Waals surface area contributed by atoms with E-state index in [1.807, 2.05) is 32.1 Å². The molecule has 0 radical (unpaired) electrons. The first-order valence-electron chi connectivity index (χ1n) is 15.1. The number of hydrogen-bond acceptors (Lipinski definition) is 8. The Balaban J connectivity index is 1.85. The molecule has 0 spiro atoms. The fourth-order valence-electron chi connectivity index (χ4n) is 5.48. The molecule has 0 aromatic carbocycles. The van der Waals surface area contributed by atoms with Crippen molar-refractivity contribution in [2.24, 2.45) is 11.8 Å². The minimum Gasteiger partial charge on any atom is -0.465 e. The van der Waals surface area contributed by atoms with Crippen molar-refractivity contribution in [3.05, 3.63) is 54.4 Å². The Kier molecular flexibility index (Phi) is 13.1. The lowest BCUT2D eigenvalue weighted by atomic mass is 9.88. The van der Waals surface area contributed by atoms with Crippen LogP contribution in [0.3, 0.4) is 0 Å². The molecular formula is C33H44N2O7. The van der Waals surface area contributed by atoms with E-state index in [1.165, 1.54) is 4.90 Å². The van der Waals surface area contributed by atoms with Crippen molar-refractivity contribution in [2.45, 2.75) is 96.6 Å². The minimum atomic E-state index is -0.868. The van der Waals surface area contributed by atoms with Gasteiger partial charge in [-0.05, 0) is 69.4 Å². The third-order valence-electron chi connectivity index (χ3n) is 8.10. The summed E-state index contributed by atoms with van der Waals surface area (Å²) in [6.07, 6.45) is 10.9. The maximum Gasteiger partial charge on any atom is 0.329 e. The number of nitrogens with zero attached hydrogens (tertiary/aromatic N) is 2. The van der Waals surface area contributed by atoms with E-state index in [4.69, 9.17) is 9.47 Å². The van der Waals surface area contributed by atoms with Crippen LogP contribution in [-0.4, -0.2) is 64.6 Å². The van der Waals surface area contributed by atoms with Crippen LogP contribution in [0, 0.1) is 11.8 Å². The van der Waals surface area contributed by atoms with Gasteiger partial charge in [0, 0.05) is 44.1 Å². The summed E-state index contributed by atoms with van der Waals surface area (Å²) in [4.78, 5) is 70.3. The zero-order valence-electron chi connectivity index (χ0n) is 24.9. The fourth-order valence-corrected chi connectivity index (χ4v) is 5.48. The van der Waals surface area contributed by atoms with Crippen LogP contribution < -0.4 is 0 Å². The van der Waals surface area contributed by atoms with Crippen molar-refractivity contribution in [1.29, 1.82) is 0 Å². The van der Waals surface area contributed by atoms with Gasteiger partial charge in [0.05, 0.1) is 13.0 Å². The molecule has 2 aliphatic rings. The first-order chi connectivity index (χ1) is 20.2. The van der Waals surface area contributed by atoms with Crippen molar-refractivity contribution >= 4 is 29.4 Å². The predicted octanol–water partition coefficient (Wildman–Crippen LogP) is 4.73. The number of hydrogen-bond donors (Lipinski definition) is 0. The number of carbonyl (C=O) groups excluding carboxylic acids is 5. The third-order valence-corrected chi connectivity index (χ3v) is 8.10. The number of aromatic nitrogens is 1. The number of allylic oxidation sites excluding steroid dienone is 2. The summed E-state index contributed by atoms with van der Waals surface area (Å²) in [6, 6.07) is 2.95. The van der Waals surface area contributed by atoms with Gasteiger partial charge in [0.25, 0.3) is 5.91 Å². The highest BCUT2D eigenvalue weighted by Crippen LogP contribution is 2.26. The minimum absolute atomic E-state index is 0.0763. The van der Waals surface area contributed by atoms with E-state index in [-0.39, 0.29) is 43.6 Å². The highest BCUT2D eigenvalue weighted by molar-refractivity contribution is 6.36. The van der Waals surface area contributed by atoms with Crippen LogP contribution >= 0.6 is 0 Å². The van der Waals surface area contributed by atoms with Gasteiger partial charge >= 0.3 is 11.9 Å². The third kappa shape index (κ3) is 10.0. The Morgan fingerprint density at radius 1 is 1.07 bits per heavy atom. The van der Waals surface area contributed by atoms with Gasteiger partial charge in [0.15, 0.2) is 0 Å². The lowest BCUT2D eigenvalue weighted by Crippen LogP contribution is -2.51. The molecule has 0 saturated carbocycles. The molecule has 0 aliphatic carbocycles. The molecule has 1 aromatic rings.